The summed E-state index contributed by atoms with van der Waals surface area (Å²) in [6, 6.07) is 15.1. The van der Waals surface area contributed by atoms with Gasteiger partial charge in [0.15, 0.2) is 0 Å². The predicted molar refractivity (Wildman–Crippen MR) is 113 cm³/mol. The molecule has 0 spiro atoms. The Morgan fingerprint density at radius 1 is 1.21 bits per heavy atom. The predicted octanol–water partition coefficient (Wildman–Crippen LogP) is 3.27. The molecule has 0 saturated carbocycles. The lowest BCUT2D eigenvalue weighted by molar-refractivity contribution is 0.0931. The quantitative estimate of drug-likeness (QED) is 0.643. The number of amides is 1. The van der Waals surface area contributed by atoms with Crippen molar-refractivity contribution in [2.45, 2.75) is 13.0 Å². The van der Waals surface area contributed by atoms with Gasteiger partial charge in [0, 0.05) is 6.54 Å². The fourth-order valence-corrected chi connectivity index (χ4v) is 3.25. The summed E-state index contributed by atoms with van der Waals surface area (Å²) in [6.07, 6.45) is 0. The number of carbonyl (C=O) groups excluding carboxylic acids is 1. The van der Waals surface area contributed by atoms with E-state index in [2.05, 4.69) is 15.4 Å². The summed E-state index contributed by atoms with van der Waals surface area (Å²) in [5.41, 5.74) is 1.75. The van der Waals surface area contributed by atoms with Crippen molar-refractivity contribution in [2.75, 3.05) is 27.7 Å². The normalized spacial score (nSPS) is 12.1. The molecule has 152 valence electrons. The maximum atomic E-state index is 12.7. The summed E-state index contributed by atoms with van der Waals surface area (Å²) in [5, 5.41) is 7.81. The number of hydrogen-bond acceptors (Lipinski definition) is 5. The zero-order valence-electron chi connectivity index (χ0n) is 16.9. The largest absolute Gasteiger partial charge is 0.497 e. The van der Waals surface area contributed by atoms with E-state index < -0.39 is 0 Å². The number of rotatable bonds is 7. The van der Waals surface area contributed by atoms with Crippen LogP contribution in [0.15, 0.2) is 48.5 Å². The summed E-state index contributed by atoms with van der Waals surface area (Å²) >= 11 is 6.24. The molecule has 1 atom stereocenters. The molecule has 2 aromatic carbocycles. The number of benzene rings is 2. The van der Waals surface area contributed by atoms with Crippen LogP contribution in [0.25, 0.3) is 5.69 Å². The Morgan fingerprint density at radius 2 is 1.90 bits per heavy atom. The van der Waals surface area contributed by atoms with Gasteiger partial charge < -0.3 is 15.0 Å². The maximum absolute atomic E-state index is 12.7. The lowest BCUT2D eigenvalue weighted by atomic mass is 10.1. The molecule has 0 radical (unpaired) electrons. The van der Waals surface area contributed by atoms with Crippen molar-refractivity contribution < 1.29 is 9.53 Å². The number of nitrogens with zero attached hydrogens (tertiary/aromatic N) is 4. The van der Waals surface area contributed by atoms with Gasteiger partial charge in [-0.3, -0.25) is 4.79 Å². The van der Waals surface area contributed by atoms with E-state index in [1.54, 1.807) is 24.8 Å². The first-order valence-electron chi connectivity index (χ1n) is 9.18. The highest BCUT2D eigenvalue weighted by atomic mass is 35.5. The minimum Gasteiger partial charge on any atom is -0.497 e. The number of hydrogen-bond donors (Lipinski definition) is 1. The van der Waals surface area contributed by atoms with Crippen molar-refractivity contribution in [1.82, 2.24) is 25.0 Å². The summed E-state index contributed by atoms with van der Waals surface area (Å²) in [5.74, 6) is 1.15. The monoisotopic (exact) mass is 413 g/mol. The number of methoxy groups -OCH3 is 1. The number of nitrogens with one attached hydrogen (secondary N) is 1. The van der Waals surface area contributed by atoms with Gasteiger partial charge in [0.1, 0.15) is 11.6 Å². The van der Waals surface area contributed by atoms with Crippen LogP contribution < -0.4 is 10.1 Å². The van der Waals surface area contributed by atoms with Crippen LogP contribution in [0.2, 0.25) is 5.02 Å². The van der Waals surface area contributed by atoms with Crippen molar-refractivity contribution in [3.8, 4) is 11.4 Å². The van der Waals surface area contributed by atoms with Crippen molar-refractivity contribution >= 4 is 17.5 Å². The molecule has 8 heteroatoms. The zero-order chi connectivity index (χ0) is 21.0. The van der Waals surface area contributed by atoms with Crippen LogP contribution in [0.1, 0.15) is 28.0 Å². The third-order valence-electron chi connectivity index (χ3n) is 4.63. The van der Waals surface area contributed by atoms with E-state index in [4.69, 9.17) is 16.3 Å². The van der Waals surface area contributed by atoms with Crippen LogP contribution in [-0.4, -0.2) is 53.3 Å². The molecule has 1 unspecified atom stereocenters. The summed E-state index contributed by atoms with van der Waals surface area (Å²) in [4.78, 5) is 19.0. The molecule has 29 heavy (non-hydrogen) atoms. The van der Waals surface area contributed by atoms with Crippen molar-refractivity contribution in [2.24, 2.45) is 0 Å². The van der Waals surface area contributed by atoms with Gasteiger partial charge in [0.05, 0.1) is 23.9 Å². The number of aromatic nitrogens is 3. The fraction of sp³-hybridized carbons (Fsp3) is 0.286. The molecule has 1 aromatic heterocycles. The van der Waals surface area contributed by atoms with E-state index in [1.165, 1.54) is 0 Å². The first-order valence-corrected chi connectivity index (χ1v) is 9.55. The number of ether oxygens (including phenoxy) is 1. The third kappa shape index (κ3) is 4.75. The lowest BCUT2D eigenvalue weighted by Gasteiger charge is -2.25. The minimum atomic E-state index is -0.334. The number of para-hydroxylation sites is 1. The molecule has 7 nitrogen and oxygen atoms in total. The van der Waals surface area contributed by atoms with Crippen molar-refractivity contribution in [3.05, 3.63) is 70.8 Å². The number of halogens is 1. The molecule has 0 saturated heterocycles. The highest BCUT2D eigenvalue weighted by Gasteiger charge is 2.20. The van der Waals surface area contributed by atoms with Crippen LogP contribution in [0.3, 0.4) is 0 Å². The molecule has 0 bridgehead atoms. The van der Waals surface area contributed by atoms with E-state index >= 15 is 0 Å². The van der Waals surface area contributed by atoms with E-state index in [0.717, 1.165) is 11.3 Å². The number of likely N-dealkylation sites (N-methyl/N-ethyl adjacent to an activating group) is 1. The average Bonchev–Trinajstić information content (AvgIpc) is 3.10. The molecule has 3 rings (SSSR count). The Morgan fingerprint density at radius 3 is 2.52 bits per heavy atom. The third-order valence-corrected chi connectivity index (χ3v) is 4.95. The first-order chi connectivity index (χ1) is 13.9. The first kappa shape index (κ1) is 20.8. The SMILES string of the molecule is COc1ccc(C(CNC(=O)c2nc(C)n(-c3ccccc3Cl)n2)N(C)C)cc1. The Balaban J connectivity index is 1.74. The van der Waals surface area contributed by atoms with E-state index in [-0.39, 0.29) is 17.8 Å². The molecule has 0 fully saturated rings. The standard InChI is InChI=1S/C21H24ClN5O2/c1-14-24-20(25-27(14)18-8-6-5-7-17(18)22)21(28)23-13-19(26(2)3)15-9-11-16(29-4)12-10-15/h5-12,19H,13H2,1-4H3,(H,23,28). The van der Waals surface area contributed by atoms with Gasteiger partial charge in [-0.2, -0.15) is 0 Å². The van der Waals surface area contributed by atoms with E-state index in [9.17, 15) is 4.79 Å². The van der Waals surface area contributed by atoms with Crippen molar-refractivity contribution in [1.29, 1.82) is 0 Å². The lowest BCUT2D eigenvalue weighted by Crippen LogP contribution is -2.35. The van der Waals surface area contributed by atoms with Crippen LogP contribution in [0.4, 0.5) is 0 Å². The van der Waals surface area contributed by atoms with Gasteiger partial charge in [-0.1, -0.05) is 35.9 Å². The second-order valence-electron chi connectivity index (χ2n) is 6.81. The second kappa shape index (κ2) is 9.07. The molecular formula is C21H24ClN5O2. The summed E-state index contributed by atoms with van der Waals surface area (Å²) in [6.45, 7) is 2.20. The number of aryl methyl sites for hydroxylation is 1. The molecule has 1 heterocycles. The fourth-order valence-electron chi connectivity index (χ4n) is 3.03. The van der Waals surface area contributed by atoms with Gasteiger partial charge in [-0.15, -0.1) is 5.10 Å². The van der Waals surface area contributed by atoms with Crippen molar-refractivity contribution in [3.63, 3.8) is 0 Å². The van der Waals surface area contributed by atoms with E-state index in [1.807, 2.05) is 61.5 Å². The Hall–Kier alpha value is -2.90. The van der Waals surface area contributed by atoms with Gasteiger partial charge in [-0.25, -0.2) is 9.67 Å². The van der Waals surface area contributed by atoms with Crippen LogP contribution in [0.5, 0.6) is 5.75 Å². The van der Waals surface area contributed by atoms with Gasteiger partial charge in [0.25, 0.3) is 5.91 Å². The molecule has 0 aliphatic heterocycles. The van der Waals surface area contributed by atoms with Crippen LogP contribution in [-0.2, 0) is 0 Å². The highest BCUT2D eigenvalue weighted by Crippen LogP contribution is 2.22. The Kier molecular flexibility index (Phi) is 6.51. The second-order valence-corrected chi connectivity index (χ2v) is 7.22. The summed E-state index contributed by atoms with van der Waals surface area (Å²) in [7, 11) is 5.57. The molecule has 1 amide bonds. The Labute approximate surface area is 175 Å². The molecule has 3 aromatic rings. The zero-order valence-corrected chi connectivity index (χ0v) is 17.6. The van der Waals surface area contributed by atoms with Crippen LogP contribution in [0, 0.1) is 6.92 Å². The van der Waals surface area contributed by atoms with Gasteiger partial charge in [-0.05, 0) is 50.8 Å². The summed E-state index contributed by atoms with van der Waals surface area (Å²) < 4.78 is 6.79. The number of carbonyl (C=O) groups is 1. The van der Waals surface area contributed by atoms with E-state index in [0.29, 0.717) is 23.1 Å². The molecule has 0 aliphatic rings. The van der Waals surface area contributed by atoms with Crippen LogP contribution >= 0.6 is 11.6 Å². The molecule has 0 aliphatic carbocycles. The van der Waals surface area contributed by atoms with Gasteiger partial charge in [0.2, 0.25) is 5.82 Å². The Bertz CT molecular complexity index is 985. The highest BCUT2D eigenvalue weighted by molar-refractivity contribution is 6.32. The van der Waals surface area contributed by atoms with Gasteiger partial charge >= 0.3 is 0 Å². The maximum Gasteiger partial charge on any atom is 0.291 e. The molecule has 1 N–H and O–H groups in total. The minimum absolute atomic E-state index is 0.00314. The topological polar surface area (TPSA) is 72.3 Å². The average molecular weight is 414 g/mol. The molecular weight excluding hydrogens is 390 g/mol. The smallest absolute Gasteiger partial charge is 0.291 e.